The maximum Gasteiger partial charge on any atom is 0.272 e. The number of hydrogen-bond acceptors (Lipinski definition) is 2. The molecule has 0 unspecified atom stereocenters. The Kier molecular flexibility index (Phi) is 3.72. The number of hydrogen-bond donors (Lipinski definition) is 2. The van der Waals surface area contributed by atoms with Crippen molar-refractivity contribution in [1.82, 2.24) is 4.98 Å². The summed E-state index contributed by atoms with van der Waals surface area (Å²) in [5.41, 5.74) is 2.22. The molecule has 2 N–H and O–H groups in total. The Bertz CT molecular complexity index is 578. The molecule has 1 amide bonds. The molecule has 1 heterocycles. The highest BCUT2D eigenvalue weighted by molar-refractivity contribution is 9.10. The van der Waals surface area contributed by atoms with Gasteiger partial charge in [-0.25, -0.2) is 0 Å². The second-order valence-electron chi connectivity index (χ2n) is 3.89. The number of aryl methyl sites for hydroxylation is 1. The number of ether oxygens (including phenoxy) is 1. The van der Waals surface area contributed by atoms with Crippen LogP contribution in [0.25, 0.3) is 0 Å². The number of amides is 1. The van der Waals surface area contributed by atoms with E-state index in [9.17, 15) is 4.79 Å². The number of aromatic amines is 1. The number of anilines is 1. The van der Waals surface area contributed by atoms with Crippen LogP contribution in [0.3, 0.4) is 0 Å². The van der Waals surface area contributed by atoms with Gasteiger partial charge in [0.2, 0.25) is 0 Å². The van der Waals surface area contributed by atoms with Gasteiger partial charge < -0.3 is 15.0 Å². The number of halogens is 1. The minimum Gasteiger partial charge on any atom is -0.495 e. The zero-order valence-corrected chi connectivity index (χ0v) is 11.7. The van der Waals surface area contributed by atoms with Crippen molar-refractivity contribution < 1.29 is 9.53 Å². The average Bonchev–Trinajstić information content (AvgIpc) is 2.78. The first-order valence-electron chi connectivity index (χ1n) is 5.40. The Labute approximate surface area is 113 Å². The largest absolute Gasteiger partial charge is 0.495 e. The molecule has 1 aromatic heterocycles. The molecule has 0 spiro atoms. The van der Waals surface area contributed by atoms with Crippen molar-refractivity contribution in [2.75, 3.05) is 12.4 Å². The number of H-pyrrole nitrogens is 1. The zero-order valence-electron chi connectivity index (χ0n) is 10.1. The minimum atomic E-state index is -0.206. The Morgan fingerprint density at radius 1 is 1.39 bits per heavy atom. The fourth-order valence-electron chi connectivity index (χ4n) is 1.59. The summed E-state index contributed by atoms with van der Waals surface area (Å²) in [7, 11) is 1.58. The molecule has 2 aromatic rings. The Morgan fingerprint density at radius 3 is 2.78 bits per heavy atom. The molecule has 0 saturated heterocycles. The van der Waals surface area contributed by atoms with E-state index >= 15 is 0 Å². The maximum atomic E-state index is 12.0. The van der Waals surface area contributed by atoms with Crippen LogP contribution in [0.4, 0.5) is 5.69 Å². The van der Waals surface area contributed by atoms with Crippen molar-refractivity contribution in [3.05, 3.63) is 46.2 Å². The van der Waals surface area contributed by atoms with Crippen LogP contribution in [0, 0.1) is 6.92 Å². The van der Waals surface area contributed by atoms with Gasteiger partial charge in [0.25, 0.3) is 5.91 Å². The molecule has 0 aliphatic heterocycles. The standard InChI is InChI=1S/C13H13BrN2O2/c1-8-3-4-10(12(5-8)18-2)16-13(17)11-6-9(14)7-15-11/h3-7,15H,1-2H3,(H,16,17). The molecule has 0 aliphatic rings. The first kappa shape index (κ1) is 12.7. The van der Waals surface area contributed by atoms with Gasteiger partial charge >= 0.3 is 0 Å². The van der Waals surface area contributed by atoms with Crippen LogP contribution in [-0.2, 0) is 0 Å². The van der Waals surface area contributed by atoms with E-state index in [0.29, 0.717) is 17.1 Å². The number of nitrogens with one attached hydrogen (secondary N) is 2. The molecule has 4 nitrogen and oxygen atoms in total. The predicted molar refractivity (Wildman–Crippen MR) is 74.2 cm³/mol. The van der Waals surface area contributed by atoms with Gasteiger partial charge in [-0.1, -0.05) is 6.07 Å². The third kappa shape index (κ3) is 2.73. The van der Waals surface area contributed by atoms with Crippen molar-refractivity contribution >= 4 is 27.5 Å². The van der Waals surface area contributed by atoms with E-state index in [4.69, 9.17) is 4.74 Å². The normalized spacial score (nSPS) is 10.2. The van der Waals surface area contributed by atoms with Crippen LogP contribution in [0.15, 0.2) is 34.9 Å². The van der Waals surface area contributed by atoms with E-state index in [2.05, 4.69) is 26.2 Å². The van der Waals surface area contributed by atoms with Gasteiger partial charge in [-0.3, -0.25) is 4.79 Å². The lowest BCUT2D eigenvalue weighted by Crippen LogP contribution is -2.13. The van der Waals surface area contributed by atoms with Crippen LogP contribution in [-0.4, -0.2) is 18.0 Å². The molecule has 94 valence electrons. The summed E-state index contributed by atoms with van der Waals surface area (Å²) in [5, 5.41) is 2.80. The van der Waals surface area contributed by atoms with Gasteiger partial charge in [0, 0.05) is 10.7 Å². The third-order valence-corrected chi connectivity index (χ3v) is 2.96. The van der Waals surface area contributed by atoms with Crippen molar-refractivity contribution in [3.8, 4) is 5.75 Å². The van der Waals surface area contributed by atoms with Crippen molar-refractivity contribution in [3.63, 3.8) is 0 Å². The number of methoxy groups -OCH3 is 1. The zero-order chi connectivity index (χ0) is 13.1. The van der Waals surface area contributed by atoms with Gasteiger partial charge in [0.05, 0.1) is 12.8 Å². The molecule has 1 aromatic carbocycles. The second-order valence-corrected chi connectivity index (χ2v) is 4.81. The lowest BCUT2D eigenvalue weighted by molar-refractivity contribution is 0.102. The second kappa shape index (κ2) is 5.27. The lowest BCUT2D eigenvalue weighted by atomic mass is 10.2. The molecule has 0 fully saturated rings. The molecule has 0 atom stereocenters. The number of aromatic nitrogens is 1. The van der Waals surface area contributed by atoms with Gasteiger partial charge in [-0.15, -0.1) is 0 Å². The fraction of sp³-hybridized carbons (Fsp3) is 0.154. The molecule has 0 aliphatic carbocycles. The topological polar surface area (TPSA) is 54.1 Å². The molecular weight excluding hydrogens is 296 g/mol. The number of carbonyl (C=O) groups is 1. The smallest absolute Gasteiger partial charge is 0.272 e. The number of carbonyl (C=O) groups excluding carboxylic acids is 1. The lowest BCUT2D eigenvalue weighted by Gasteiger charge is -2.10. The van der Waals surface area contributed by atoms with E-state index in [1.54, 1.807) is 19.4 Å². The summed E-state index contributed by atoms with van der Waals surface area (Å²) in [6, 6.07) is 7.34. The van der Waals surface area contributed by atoms with Gasteiger partial charge in [-0.2, -0.15) is 0 Å². The van der Waals surface area contributed by atoms with E-state index in [1.807, 2.05) is 25.1 Å². The van der Waals surface area contributed by atoms with E-state index in [0.717, 1.165) is 10.0 Å². The van der Waals surface area contributed by atoms with Crippen molar-refractivity contribution in [2.24, 2.45) is 0 Å². The number of benzene rings is 1. The first-order valence-corrected chi connectivity index (χ1v) is 6.19. The summed E-state index contributed by atoms with van der Waals surface area (Å²) in [4.78, 5) is 14.8. The maximum absolute atomic E-state index is 12.0. The highest BCUT2D eigenvalue weighted by Crippen LogP contribution is 2.25. The van der Waals surface area contributed by atoms with Crippen LogP contribution >= 0.6 is 15.9 Å². The van der Waals surface area contributed by atoms with Crippen LogP contribution in [0.2, 0.25) is 0 Å². The first-order chi connectivity index (χ1) is 8.60. The molecule has 0 bridgehead atoms. The van der Waals surface area contributed by atoms with Gasteiger partial charge in [0.15, 0.2) is 0 Å². The minimum absolute atomic E-state index is 0.206. The fourth-order valence-corrected chi connectivity index (χ4v) is 1.93. The van der Waals surface area contributed by atoms with Crippen LogP contribution in [0.1, 0.15) is 16.1 Å². The summed E-state index contributed by atoms with van der Waals surface area (Å²) in [6.45, 7) is 1.97. The van der Waals surface area contributed by atoms with Crippen molar-refractivity contribution in [1.29, 1.82) is 0 Å². The molecule has 18 heavy (non-hydrogen) atoms. The van der Waals surface area contributed by atoms with E-state index in [-0.39, 0.29) is 5.91 Å². The Balaban J connectivity index is 2.21. The Morgan fingerprint density at radius 2 is 2.17 bits per heavy atom. The molecule has 0 saturated carbocycles. The number of rotatable bonds is 3. The van der Waals surface area contributed by atoms with Crippen molar-refractivity contribution in [2.45, 2.75) is 6.92 Å². The summed E-state index contributed by atoms with van der Waals surface area (Å²) >= 11 is 3.29. The molecule has 0 radical (unpaired) electrons. The quantitative estimate of drug-likeness (QED) is 0.913. The van der Waals surface area contributed by atoms with Crippen LogP contribution < -0.4 is 10.1 Å². The summed E-state index contributed by atoms with van der Waals surface area (Å²) in [6.07, 6.45) is 1.71. The molecular formula is C13H13BrN2O2. The highest BCUT2D eigenvalue weighted by Gasteiger charge is 2.11. The monoisotopic (exact) mass is 308 g/mol. The van der Waals surface area contributed by atoms with E-state index < -0.39 is 0 Å². The summed E-state index contributed by atoms with van der Waals surface area (Å²) in [5.74, 6) is 0.442. The van der Waals surface area contributed by atoms with Gasteiger partial charge in [-0.05, 0) is 46.6 Å². The SMILES string of the molecule is COc1cc(C)ccc1NC(=O)c1cc(Br)c[nH]1. The molecule has 2 rings (SSSR count). The van der Waals surface area contributed by atoms with Crippen LogP contribution in [0.5, 0.6) is 5.75 Å². The van der Waals surface area contributed by atoms with Gasteiger partial charge in [0.1, 0.15) is 11.4 Å². The average molecular weight is 309 g/mol. The molecule has 5 heteroatoms. The highest BCUT2D eigenvalue weighted by atomic mass is 79.9. The summed E-state index contributed by atoms with van der Waals surface area (Å²) < 4.78 is 6.07. The third-order valence-electron chi connectivity index (χ3n) is 2.50. The Hall–Kier alpha value is -1.75. The van der Waals surface area contributed by atoms with E-state index in [1.165, 1.54) is 0 Å². The predicted octanol–water partition coefficient (Wildman–Crippen LogP) is 3.35.